The smallest absolute Gasteiger partial charge is 0.353 e. The lowest BCUT2D eigenvalue weighted by Crippen LogP contribution is -2.36. The number of aliphatic hydroxyl groups is 3. The normalized spacial score (nSPS) is 29.4. The van der Waals surface area contributed by atoms with Gasteiger partial charge in [0, 0.05) is 0 Å². The van der Waals surface area contributed by atoms with Crippen molar-refractivity contribution in [3.05, 3.63) is 16.4 Å². The Morgan fingerprint density at radius 1 is 1.45 bits per heavy atom. The molecule has 1 fully saturated rings. The molecule has 0 spiro atoms. The third-order valence-electron chi connectivity index (χ3n) is 2.85. The zero-order chi connectivity index (χ0) is 14.9. The fraction of sp³-hybridized carbons (Fsp3) is 0.556. The Hall–Kier alpha value is -2.08. The minimum Gasteiger partial charge on any atom is -0.394 e. The van der Waals surface area contributed by atoms with Crippen LogP contribution in [0.1, 0.15) is 0 Å². The summed E-state index contributed by atoms with van der Waals surface area (Å²) in [5, 5.41) is 41.6. The Kier molecular flexibility index (Phi) is 3.94. The first-order valence-corrected chi connectivity index (χ1v) is 5.59. The number of nitrogens with two attached hydrogens (primary N) is 1. The van der Waals surface area contributed by atoms with Gasteiger partial charge in [-0.2, -0.15) is 0 Å². The summed E-state index contributed by atoms with van der Waals surface area (Å²) < 4.78 is 5.13. The first kappa shape index (κ1) is 14.3. The predicted octanol–water partition coefficient (Wildman–Crippen LogP) is -2.18. The van der Waals surface area contributed by atoms with Gasteiger partial charge in [-0.25, -0.2) is 9.97 Å². The van der Waals surface area contributed by atoms with Crippen LogP contribution in [0.3, 0.4) is 0 Å². The number of nitrogens with one attached hydrogen (secondary N) is 1. The van der Waals surface area contributed by atoms with Crippen LogP contribution in [0.25, 0.3) is 0 Å². The van der Waals surface area contributed by atoms with E-state index in [2.05, 4.69) is 15.3 Å². The van der Waals surface area contributed by atoms with Crippen molar-refractivity contribution in [3.8, 4) is 0 Å². The van der Waals surface area contributed by atoms with Crippen LogP contribution in [0.5, 0.6) is 0 Å². The maximum absolute atomic E-state index is 10.9. The van der Waals surface area contributed by atoms with Crippen molar-refractivity contribution >= 4 is 17.3 Å². The molecule has 0 aromatic carbocycles. The molecule has 0 bridgehead atoms. The lowest BCUT2D eigenvalue weighted by Gasteiger charge is -2.16. The molecule has 0 amide bonds. The molecule has 1 aromatic rings. The van der Waals surface area contributed by atoms with Crippen molar-refractivity contribution in [1.82, 2.24) is 9.97 Å². The van der Waals surface area contributed by atoms with Crippen molar-refractivity contribution < 1.29 is 25.0 Å². The number of nitro groups is 1. The number of ether oxygens (including phenoxy) is 1. The van der Waals surface area contributed by atoms with Crippen LogP contribution >= 0.6 is 0 Å². The number of hydrogen-bond acceptors (Lipinski definition) is 10. The second-order valence-electron chi connectivity index (χ2n) is 4.12. The molecule has 0 radical (unpaired) electrons. The molecule has 0 aliphatic carbocycles. The van der Waals surface area contributed by atoms with Crippen LogP contribution in [-0.2, 0) is 4.74 Å². The molecule has 2 heterocycles. The van der Waals surface area contributed by atoms with E-state index in [1.54, 1.807) is 0 Å². The van der Waals surface area contributed by atoms with Gasteiger partial charge < -0.3 is 31.1 Å². The lowest BCUT2D eigenvalue weighted by atomic mass is 10.1. The standard InChI is InChI=1S/C9H13N5O6/c10-7-4(14(18)19)8(12-2-11-7)13-9-6(17)5(16)3(1-15)20-9/h2-3,5-6,9,15-17H,1H2,(H3,10,11,12,13)/t3-,5-,6-,9-/m1/s1. The number of anilines is 2. The van der Waals surface area contributed by atoms with Gasteiger partial charge >= 0.3 is 5.69 Å². The van der Waals surface area contributed by atoms with E-state index < -0.39 is 41.8 Å². The second kappa shape index (κ2) is 5.50. The predicted molar refractivity (Wildman–Crippen MR) is 64.5 cm³/mol. The highest BCUT2D eigenvalue weighted by atomic mass is 16.6. The molecule has 1 aliphatic heterocycles. The van der Waals surface area contributed by atoms with E-state index in [-0.39, 0.29) is 11.6 Å². The molecule has 11 nitrogen and oxygen atoms in total. The van der Waals surface area contributed by atoms with Crippen LogP contribution in [0.2, 0.25) is 0 Å². The van der Waals surface area contributed by atoms with E-state index in [9.17, 15) is 20.3 Å². The number of nitrogens with zero attached hydrogens (tertiary/aromatic N) is 3. The first-order chi connectivity index (χ1) is 9.45. The number of aliphatic hydroxyl groups excluding tert-OH is 3. The van der Waals surface area contributed by atoms with Crippen molar-refractivity contribution in [2.45, 2.75) is 24.5 Å². The van der Waals surface area contributed by atoms with Crippen LogP contribution in [-0.4, -0.2) is 61.4 Å². The SMILES string of the molecule is Nc1ncnc(N[C@@H]2O[C@H](CO)[C@@H](O)[C@H]2O)c1[N+](=O)[O-]. The minimum atomic E-state index is -1.39. The third-order valence-corrected chi connectivity index (χ3v) is 2.85. The summed E-state index contributed by atoms with van der Waals surface area (Å²) in [6, 6.07) is 0. The van der Waals surface area contributed by atoms with E-state index in [1.165, 1.54) is 0 Å². The molecule has 110 valence electrons. The van der Waals surface area contributed by atoms with Crippen molar-refractivity contribution in [2.24, 2.45) is 0 Å². The lowest BCUT2D eigenvalue weighted by molar-refractivity contribution is -0.383. The minimum absolute atomic E-state index is 0.252. The third kappa shape index (κ3) is 2.46. The number of nitrogen functional groups attached to an aromatic ring is 1. The van der Waals surface area contributed by atoms with Gasteiger partial charge in [-0.05, 0) is 0 Å². The Bertz CT molecular complexity index is 514. The summed E-state index contributed by atoms with van der Waals surface area (Å²) >= 11 is 0. The highest BCUT2D eigenvalue weighted by Crippen LogP contribution is 2.29. The molecule has 20 heavy (non-hydrogen) atoms. The highest BCUT2D eigenvalue weighted by molar-refractivity contribution is 5.67. The summed E-state index contributed by atoms with van der Waals surface area (Å²) in [6.07, 6.45) is -3.87. The van der Waals surface area contributed by atoms with Gasteiger partial charge in [-0.3, -0.25) is 10.1 Å². The summed E-state index contributed by atoms with van der Waals surface area (Å²) in [4.78, 5) is 17.3. The molecule has 4 atom stereocenters. The zero-order valence-electron chi connectivity index (χ0n) is 10.1. The Morgan fingerprint density at radius 2 is 2.15 bits per heavy atom. The Balaban J connectivity index is 2.23. The molecule has 1 aromatic heterocycles. The summed E-state index contributed by atoms with van der Waals surface area (Å²) in [5.41, 5.74) is 4.82. The summed E-state index contributed by atoms with van der Waals surface area (Å²) in [6.45, 7) is -0.510. The van der Waals surface area contributed by atoms with Crippen molar-refractivity contribution in [2.75, 3.05) is 17.7 Å². The Morgan fingerprint density at radius 3 is 2.70 bits per heavy atom. The van der Waals surface area contributed by atoms with Gasteiger partial charge in [-0.1, -0.05) is 0 Å². The van der Waals surface area contributed by atoms with Gasteiger partial charge in [0.2, 0.25) is 11.6 Å². The number of hydrogen-bond donors (Lipinski definition) is 5. The van der Waals surface area contributed by atoms with Gasteiger partial charge in [0.25, 0.3) is 0 Å². The van der Waals surface area contributed by atoms with Gasteiger partial charge in [0.15, 0.2) is 6.23 Å². The molecule has 0 saturated carbocycles. The molecular formula is C9H13N5O6. The molecule has 2 rings (SSSR count). The van der Waals surface area contributed by atoms with E-state index in [0.29, 0.717) is 0 Å². The van der Waals surface area contributed by atoms with Crippen LogP contribution < -0.4 is 11.1 Å². The second-order valence-corrected chi connectivity index (χ2v) is 4.12. The molecule has 1 saturated heterocycles. The molecule has 6 N–H and O–H groups in total. The average molecular weight is 287 g/mol. The van der Waals surface area contributed by atoms with E-state index in [1.807, 2.05) is 0 Å². The Labute approximate surface area is 112 Å². The van der Waals surface area contributed by atoms with Crippen LogP contribution in [0.15, 0.2) is 6.33 Å². The summed E-state index contributed by atoms with van der Waals surface area (Å²) in [7, 11) is 0. The molecule has 1 aliphatic rings. The van der Waals surface area contributed by atoms with Crippen molar-refractivity contribution in [1.29, 1.82) is 0 Å². The number of aromatic nitrogens is 2. The molecule has 0 unspecified atom stereocenters. The topological polar surface area (TPSA) is 177 Å². The molecule has 11 heteroatoms. The van der Waals surface area contributed by atoms with Gasteiger partial charge in [-0.15, -0.1) is 0 Å². The van der Waals surface area contributed by atoms with E-state index in [4.69, 9.17) is 15.6 Å². The van der Waals surface area contributed by atoms with Crippen LogP contribution in [0, 0.1) is 10.1 Å². The largest absolute Gasteiger partial charge is 0.394 e. The average Bonchev–Trinajstić information content (AvgIpc) is 2.66. The summed E-state index contributed by atoms with van der Waals surface area (Å²) in [5.74, 6) is -0.600. The zero-order valence-corrected chi connectivity index (χ0v) is 10.1. The quantitative estimate of drug-likeness (QED) is 0.302. The number of rotatable bonds is 4. The van der Waals surface area contributed by atoms with E-state index >= 15 is 0 Å². The maximum atomic E-state index is 10.9. The molecular weight excluding hydrogens is 274 g/mol. The van der Waals surface area contributed by atoms with Gasteiger partial charge in [0.1, 0.15) is 24.6 Å². The fourth-order valence-electron chi connectivity index (χ4n) is 1.83. The maximum Gasteiger partial charge on any atom is 0.353 e. The monoisotopic (exact) mass is 287 g/mol. The van der Waals surface area contributed by atoms with Gasteiger partial charge in [0.05, 0.1) is 11.5 Å². The van der Waals surface area contributed by atoms with Crippen LogP contribution in [0.4, 0.5) is 17.3 Å². The highest BCUT2D eigenvalue weighted by Gasteiger charge is 2.43. The fourth-order valence-corrected chi connectivity index (χ4v) is 1.83. The first-order valence-electron chi connectivity index (χ1n) is 5.59. The van der Waals surface area contributed by atoms with E-state index in [0.717, 1.165) is 6.33 Å². The van der Waals surface area contributed by atoms with Crippen molar-refractivity contribution in [3.63, 3.8) is 0 Å².